The van der Waals surface area contributed by atoms with Crippen molar-refractivity contribution in [3.05, 3.63) is 60.0 Å². The van der Waals surface area contributed by atoms with Gasteiger partial charge >= 0.3 is 6.09 Å². The molecular formula is C23H24N6O3. The van der Waals surface area contributed by atoms with Gasteiger partial charge < -0.3 is 4.74 Å². The van der Waals surface area contributed by atoms with Gasteiger partial charge in [0.05, 0.1) is 23.0 Å². The zero-order valence-electron chi connectivity index (χ0n) is 18.6. The van der Waals surface area contributed by atoms with Crippen LogP contribution in [0.5, 0.6) is 0 Å². The summed E-state index contributed by atoms with van der Waals surface area (Å²) in [5, 5.41) is 11.5. The highest BCUT2D eigenvalue weighted by Crippen LogP contribution is 2.28. The van der Waals surface area contributed by atoms with Gasteiger partial charge in [-0.2, -0.15) is 5.10 Å². The van der Waals surface area contributed by atoms with Gasteiger partial charge in [0.25, 0.3) is 0 Å². The van der Waals surface area contributed by atoms with Crippen LogP contribution in [0.15, 0.2) is 48.8 Å². The normalized spacial score (nSPS) is 11.5. The first-order valence-electron chi connectivity index (χ1n) is 10.1. The third-order valence-corrected chi connectivity index (χ3v) is 4.63. The van der Waals surface area contributed by atoms with E-state index >= 15 is 0 Å². The lowest BCUT2D eigenvalue weighted by Gasteiger charge is -2.19. The predicted octanol–water partition coefficient (Wildman–Crippen LogP) is 4.44. The highest BCUT2D eigenvalue weighted by atomic mass is 16.6. The number of aromatic nitrogens is 5. The summed E-state index contributed by atoms with van der Waals surface area (Å²) >= 11 is 0. The Morgan fingerprint density at radius 1 is 1.12 bits per heavy atom. The van der Waals surface area contributed by atoms with Crippen molar-refractivity contribution in [1.82, 2.24) is 24.4 Å². The average molecular weight is 432 g/mol. The van der Waals surface area contributed by atoms with Crippen LogP contribution in [-0.4, -0.2) is 41.9 Å². The Balaban J connectivity index is 1.82. The number of aryl methyl sites for hydroxylation is 1. The molecule has 0 aliphatic carbocycles. The lowest BCUT2D eigenvalue weighted by atomic mass is 10.1. The van der Waals surface area contributed by atoms with Crippen LogP contribution in [0, 0.1) is 6.92 Å². The lowest BCUT2D eigenvalue weighted by Crippen LogP contribution is -2.27. The number of ketones is 1. The first-order chi connectivity index (χ1) is 15.1. The molecule has 0 aliphatic rings. The van der Waals surface area contributed by atoms with E-state index in [0.717, 1.165) is 11.3 Å². The second-order valence-electron chi connectivity index (χ2n) is 8.45. The number of ether oxygens (including phenoxy) is 1. The topological polar surface area (TPSA) is 103 Å². The van der Waals surface area contributed by atoms with E-state index in [0.29, 0.717) is 28.4 Å². The zero-order valence-corrected chi connectivity index (χ0v) is 18.6. The Kier molecular flexibility index (Phi) is 5.25. The van der Waals surface area contributed by atoms with E-state index in [-0.39, 0.29) is 5.78 Å². The first kappa shape index (κ1) is 21.2. The van der Waals surface area contributed by atoms with Crippen molar-refractivity contribution in [2.45, 2.75) is 40.2 Å². The van der Waals surface area contributed by atoms with Crippen LogP contribution < -0.4 is 5.32 Å². The van der Waals surface area contributed by atoms with Gasteiger partial charge in [-0.1, -0.05) is 6.07 Å². The molecule has 4 aromatic heterocycles. The van der Waals surface area contributed by atoms with Gasteiger partial charge in [-0.15, -0.1) is 5.10 Å². The maximum Gasteiger partial charge on any atom is 0.413 e. The maximum atomic E-state index is 12.3. The fraction of sp³-hybridized carbons (Fsp3) is 0.261. The van der Waals surface area contributed by atoms with Gasteiger partial charge in [-0.3, -0.25) is 10.1 Å². The number of hydrogen-bond donors (Lipinski definition) is 1. The third-order valence-electron chi connectivity index (χ3n) is 4.63. The van der Waals surface area contributed by atoms with Crippen molar-refractivity contribution in [3.63, 3.8) is 0 Å². The van der Waals surface area contributed by atoms with Crippen LogP contribution in [0.1, 0.15) is 43.7 Å². The summed E-state index contributed by atoms with van der Waals surface area (Å²) in [6.07, 6.45) is 2.73. The monoisotopic (exact) mass is 432 g/mol. The summed E-state index contributed by atoms with van der Waals surface area (Å²) in [5.74, 6) is 0.841. The number of Topliss-reactive ketones (excluding diaryl/α,β-unsaturated/α-hetero) is 1. The van der Waals surface area contributed by atoms with Crippen molar-refractivity contribution in [2.75, 3.05) is 5.32 Å². The number of rotatable bonds is 4. The highest BCUT2D eigenvalue weighted by Gasteiger charge is 2.20. The Morgan fingerprint density at radius 3 is 2.59 bits per heavy atom. The standard InChI is InChI=1S/C23H24N6O3/c1-14-7-6-8-21(25-14)29-18(12-20(27-29)26-22(31)32-23(3,4)5)16-9-10-28-19(11-16)17(13-24-28)15(2)30/h6-13H,1-5H3,(H,26,27,31). The molecule has 0 saturated carbocycles. The Labute approximate surface area is 185 Å². The molecule has 4 heterocycles. The molecule has 1 N–H and O–H groups in total. The second kappa shape index (κ2) is 7.92. The number of pyridine rings is 2. The minimum atomic E-state index is -0.635. The minimum absolute atomic E-state index is 0.0710. The van der Waals surface area contributed by atoms with Crippen LogP contribution in [0.25, 0.3) is 22.6 Å². The molecule has 0 aromatic carbocycles. The van der Waals surface area contributed by atoms with Gasteiger partial charge in [-0.05, 0) is 58.9 Å². The maximum absolute atomic E-state index is 12.3. The third kappa shape index (κ3) is 4.36. The van der Waals surface area contributed by atoms with Crippen molar-refractivity contribution < 1.29 is 14.3 Å². The number of fused-ring (bicyclic) bond motifs is 1. The van der Waals surface area contributed by atoms with Crippen LogP contribution in [0.2, 0.25) is 0 Å². The SMILES string of the molecule is CC(=O)c1cnn2ccc(-c3cc(NC(=O)OC(C)(C)C)nn3-c3cccc(C)n3)cc12. The van der Waals surface area contributed by atoms with Crippen molar-refractivity contribution in [3.8, 4) is 17.1 Å². The van der Waals surface area contributed by atoms with E-state index in [1.165, 1.54) is 6.92 Å². The molecule has 0 fully saturated rings. The van der Waals surface area contributed by atoms with Gasteiger partial charge in [0, 0.05) is 23.5 Å². The van der Waals surface area contributed by atoms with Gasteiger partial charge in [0.1, 0.15) is 5.60 Å². The quantitative estimate of drug-likeness (QED) is 0.478. The van der Waals surface area contributed by atoms with Gasteiger partial charge in [0.2, 0.25) is 0 Å². The molecule has 0 saturated heterocycles. The molecule has 9 nitrogen and oxygen atoms in total. The summed E-state index contributed by atoms with van der Waals surface area (Å²) < 4.78 is 8.64. The fourth-order valence-electron chi connectivity index (χ4n) is 3.29. The largest absolute Gasteiger partial charge is 0.444 e. The van der Waals surface area contributed by atoms with Crippen LogP contribution in [0.3, 0.4) is 0 Å². The first-order valence-corrected chi connectivity index (χ1v) is 10.1. The second-order valence-corrected chi connectivity index (χ2v) is 8.45. The van der Waals surface area contributed by atoms with Gasteiger partial charge in [-0.25, -0.2) is 19.0 Å². The molecule has 0 atom stereocenters. The number of carbonyl (C=O) groups excluding carboxylic acids is 2. The Hall–Kier alpha value is -4.01. The van der Waals surface area contributed by atoms with Crippen LogP contribution in [-0.2, 0) is 4.74 Å². The molecule has 0 aliphatic heterocycles. The number of carbonyl (C=O) groups is 2. The highest BCUT2D eigenvalue weighted by molar-refractivity contribution is 6.01. The summed E-state index contributed by atoms with van der Waals surface area (Å²) in [6.45, 7) is 8.78. The molecule has 1 amide bonds. The molecule has 0 radical (unpaired) electrons. The van der Waals surface area contributed by atoms with E-state index in [4.69, 9.17) is 4.74 Å². The molecule has 0 bridgehead atoms. The molecule has 4 aromatic rings. The summed E-state index contributed by atoms with van der Waals surface area (Å²) in [7, 11) is 0. The summed E-state index contributed by atoms with van der Waals surface area (Å²) in [6, 6.07) is 11.1. The number of hydrogen-bond acceptors (Lipinski definition) is 6. The summed E-state index contributed by atoms with van der Waals surface area (Å²) in [4.78, 5) is 28.8. The number of nitrogens with one attached hydrogen (secondary N) is 1. The van der Waals surface area contributed by atoms with Crippen LogP contribution in [0.4, 0.5) is 10.6 Å². The Morgan fingerprint density at radius 2 is 1.91 bits per heavy atom. The molecule has 164 valence electrons. The smallest absolute Gasteiger partial charge is 0.413 e. The lowest BCUT2D eigenvalue weighted by molar-refractivity contribution is 0.0635. The van der Waals surface area contributed by atoms with E-state index in [9.17, 15) is 9.59 Å². The molecule has 9 heteroatoms. The van der Waals surface area contributed by atoms with Crippen molar-refractivity contribution in [2.24, 2.45) is 0 Å². The zero-order chi connectivity index (χ0) is 23.0. The van der Waals surface area contributed by atoms with Crippen molar-refractivity contribution in [1.29, 1.82) is 0 Å². The van der Waals surface area contributed by atoms with E-state index in [1.807, 2.05) is 37.3 Å². The molecular weight excluding hydrogens is 408 g/mol. The molecule has 32 heavy (non-hydrogen) atoms. The van der Waals surface area contributed by atoms with E-state index in [2.05, 4.69) is 20.5 Å². The molecule has 4 rings (SSSR count). The van der Waals surface area contributed by atoms with E-state index in [1.54, 1.807) is 48.4 Å². The fourth-order valence-corrected chi connectivity index (χ4v) is 3.29. The number of amides is 1. The van der Waals surface area contributed by atoms with Crippen LogP contribution >= 0.6 is 0 Å². The van der Waals surface area contributed by atoms with Crippen molar-refractivity contribution >= 4 is 23.2 Å². The van der Waals surface area contributed by atoms with Gasteiger partial charge in [0.15, 0.2) is 17.4 Å². The minimum Gasteiger partial charge on any atom is -0.444 e. The van der Waals surface area contributed by atoms with E-state index < -0.39 is 11.7 Å². The number of anilines is 1. The molecule has 0 unspecified atom stereocenters. The summed E-state index contributed by atoms with van der Waals surface area (Å²) in [5.41, 5.74) is 2.88. The average Bonchev–Trinajstić information content (AvgIpc) is 3.30. The Bertz CT molecular complexity index is 1330. The molecule has 0 spiro atoms. The predicted molar refractivity (Wildman–Crippen MR) is 120 cm³/mol. The number of nitrogens with zero attached hydrogens (tertiary/aromatic N) is 5.